The van der Waals surface area contributed by atoms with Gasteiger partial charge in [0.25, 0.3) is 0 Å². The molecule has 0 amide bonds. The molecule has 20 heavy (non-hydrogen) atoms. The number of nitrogens with one attached hydrogen (secondary N) is 1. The van der Waals surface area contributed by atoms with E-state index in [-0.39, 0.29) is 5.75 Å². The summed E-state index contributed by atoms with van der Waals surface area (Å²) in [5.41, 5.74) is 1.54. The minimum Gasteiger partial charge on any atom is -0.497 e. The minimum atomic E-state index is -2.82. The Bertz CT molecular complexity index is 544. The summed E-state index contributed by atoms with van der Waals surface area (Å²) in [4.78, 5) is 0. The normalized spacial score (nSPS) is 10.4. The lowest BCUT2D eigenvalue weighted by Gasteiger charge is -2.12. The van der Waals surface area contributed by atoms with Crippen LogP contribution < -0.4 is 14.8 Å². The topological polar surface area (TPSA) is 30.5 Å². The molecule has 0 bridgehead atoms. The van der Waals surface area contributed by atoms with Crippen molar-refractivity contribution in [2.75, 3.05) is 12.4 Å². The Kier molecular flexibility index (Phi) is 4.76. The van der Waals surface area contributed by atoms with Crippen molar-refractivity contribution in [1.29, 1.82) is 0 Å². The van der Waals surface area contributed by atoms with Crippen LogP contribution in [0.4, 0.5) is 14.5 Å². The summed E-state index contributed by atoms with van der Waals surface area (Å²) in [6, 6.07) is 14.1. The third kappa shape index (κ3) is 3.85. The Morgan fingerprint density at radius 3 is 2.40 bits per heavy atom. The average Bonchev–Trinajstić information content (AvgIpc) is 2.46. The van der Waals surface area contributed by atoms with Gasteiger partial charge in [-0.3, -0.25) is 0 Å². The summed E-state index contributed by atoms with van der Waals surface area (Å²) in [7, 11) is 1.60. The number of rotatable bonds is 6. The first-order valence-electron chi connectivity index (χ1n) is 6.09. The van der Waals surface area contributed by atoms with E-state index in [2.05, 4.69) is 10.1 Å². The van der Waals surface area contributed by atoms with Crippen molar-refractivity contribution in [1.82, 2.24) is 0 Å². The molecule has 5 heteroatoms. The monoisotopic (exact) mass is 279 g/mol. The van der Waals surface area contributed by atoms with Crippen LogP contribution in [0.2, 0.25) is 0 Å². The van der Waals surface area contributed by atoms with Gasteiger partial charge in [0.15, 0.2) is 0 Å². The van der Waals surface area contributed by atoms with Gasteiger partial charge in [0.1, 0.15) is 11.5 Å². The van der Waals surface area contributed by atoms with Crippen LogP contribution in [0.3, 0.4) is 0 Å². The van der Waals surface area contributed by atoms with Gasteiger partial charge in [-0.15, -0.1) is 0 Å². The fourth-order valence-electron chi connectivity index (χ4n) is 1.77. The molecule has 0 radical (unpaired) electrons. The SMILES string of the molecule is COc1ccc(NCc2ccccc2OC(F)F)cc1. The lowest BCUT2D eigenvalue weighted by Crippen LogP contribution is -2.07. The van der Waals surface area contributed by atoms with Crippen molar-refractivity contribution >= 4 is 5.69 Å². The number of anilines is 1. The van der Waals surface area contributed by atoms with Crippen molar-refractivity contribution in [2.24, 2.45) is 0 Å². The molecule has 0 aliphatic heterocycles. The highest BCUT2D eigenvalue weighted by Crippen LogP contribution is 2.22. The smallest absolute Gasteiger partial charge is 0.387 e. The zero-order valence-electron chi connectivity index (χ0n) is 11.0. The first-order valence-corrected chi connectivity index (χ1v) is 6.09. The molecule has 0 aliphatic carbocycles. The molecule has 2 aromatic carbocycles. The van der Waals surface area contributed by atoms with E-state index in [1.165, 1.54) is 6.07 Å². The van der Waals surface area contributed by atoms with Crippen molar-refractivity contribution in [3.8, 4) is 11.5 Å². The molecule has 3 nitrogen and oxygen atoms in total. The zero-order chi connectivity index (χ0) is 14.4. The second-order valence-corrected chi connectivity index (χ2v) is 4.07. The average molecular weight is 279 g/mol. The van der Waals surface area contributed by atoms with Gasteiger partial charge < -0.3 is 14.8 Å². The summed E-state index contributed by atoms with van der Waals surface area (Å²) in [5, 5.41) is 3.15. The predicted molar refractivity (Wildman–Crippen MR) is 73.4 cm³/mol. The molecule has 2 rings (SSSR count). The maximum absolute atomic E-state index is 12.3. The molecule has 0 fully saturated rings. The van der Waals surface area contributed by atoms with Crippen LogP contribution in [0.15, 0.2) is 48.5 Å². The van der Waals surface area contributed by atoms with E-state index >= 15 is 0 Å². The Hall–Kier alpha value is -2.30. The molecule has 0 heterocycles. The Labute approximate surface area is 116 Å². The summed E-state index contributed by atoms with van der Waals surface area (Å²) in [6.45, 7) is -2.42. The summed E-state index contributed by atoms with van der Waals surface area (Å²) >= 11 is 0. The second kappa shape index (κ2) is 6.75. The number of alkyl halides is 2. The van der Waals surface area contributed by atoms with E-state index < -0.39 is 6.61 Å². The van der Waals surface area contributed by atoms with Gasteiger partial charge in [0.05, 0.1) is 7.11 Å². The second-order valence-electron chi connectivity index (χ2n) is 4.07. The van der Waals surface area contributed by atoms with Crippen molar-refractivity contribution in [3.05, 3.63) is 54.1 Å². The van der Waals surface area contributed by atoms with Crippen LogP contribution in [0, 0.1) is 0 Å². The van der Waals surface area contributed by atoms with Crippen LogP contribution in [0.5, 0.6) is 11.5 Å². The van der Waals surface area contributed by atoms with Crippen molar-refractivity contribution < 1.29 is 18.3 Å². The number of benzene rings is 2. The van der Waals surface area contributed by atoms with Gasteiger partial charge in [-0.1, -0.05) is 18.2 Å². The fraction of sp³-hybridized carbons (Fsp3) is 0.200. The van der Waals surface area contributed by atoms with E-state index in [4.69, 9.17) is 4.74 Å². The van der Waals surface area contributed by atoms with Crippen LogP contribution in [0.25, 0.3) is 0 Å². The molecule has 0 atom stereocenters. The highest BCUT2D eigenvalue weighted by Gasteiger charge is 2.08. The predicted octanol–water partition coefficient (Wildman–Crippen LogP) is 3.91. The lowest BCUT2D eigenvalue weighted by molar-refractivity contribution is -0.0504. The van der Waals surface area contributed by atoms with Gasteiger partial charge in [-0.05, 0) is 30.3 Å². The van der Waals surface area contributed by atoms with E-state index in [0.717, 1.165) is 11.4 Å². The molecule has 1 N–H and O–H groups in total. The number of para-hydroxylation sites is 1. The van der Waals surface area contributed by atoms with Crippen molar-refractivity contribution in [3.63, 3.8) is 0 Å². The van der Waals surface area contributed by atoms with E-state index in [1.54, 1.807) is 25.3 Å². The molecule has 0 saturated carbocycles. The third-order valence-corrected chi connectivity index (χ3v) is 2.76. The summed E-state index contributed by atoms with van der Waals surface area (Å²) in [5.74, 6) is 0.945. The van der Waals surface area contributed by atoms with Gasteiger partial charge in [0.2, 0.25) is 0 Å². The number of ether oxygens (including phenoxy) is 2. The molecule has 0 unspecified atom stereocenters. The number of methoxy groups -OCH3 is 1. The van der Waals surface area contributed by atoms with E-state index in [1.807, 2.05) is 24.3 Å². The van der Waals surface area contributed by atoms with Gasteiger partial charge >= 0.3 is 6.61 Å². The first-order chi connectivity index (χ1) is 9.69. The molecule has 2 aromatic rings. The zero-order valence-corrected chi connectivity index (χ0v) is 11.0. The minimum absolute atomic E-state index is 0.184. The summed E-state index contributed by atoms with van der Waals surface area (Å²) < 4.78 is 34.1. The summed E-state index contributed by atoms with van der Waals surface area (Å²) in [6.07, 6.45) is 0. The third-order valence-electron chi connectivity index (χ3n) is 2.76. The molecule has 0 aliphatic rings. The molecular weight excluding hydrogens is 264 g/mol. The van der Waals surface area contributed by atoms with Crippen LogP contribution >= 0.6 is 0 Å². The van der Waals surface area contributed by atoms with E-state index in [9.17, 15) is 8.78 Å². The van der Waals surface area contributed by atoms with E-state index in [0.29, 0.717) is 12.1 Å². The maximum atomic E-state index is 12.3. The molecule has 106 valence electrons. The molecular formula is C15H15F2NO2. The number of halogens is 2. The van der Waals surface area contributed by atoms with Crippen LogP contribution in [-0.4, -0.2) is 13.7 Å². The Morgan fingerprint density at radius 2 is 1.75 bits per heavy atom. The van der Waals surface area contributed by atoms with Crippen LogP contribution in [-0.2, 0) is 6.54 Å². The van der Waals surface area contributed by atoms with Gasteiger partial charge in [-0.2, -0.15) is 8.78 Å². The van der Waals surface area contributed by atoms with Gasteiger partial charge in [-0.25, -0.2) is 0 Å². The molecule has 0 spiro atoms. The fourth-order valence-corrected chi connectivity index (χ4v) is 1.77. The van der Waals surface area contributed by atoms with Gasteiger partial charge in [0, 0.05) is 17.8 Å². The van der Waals surface area contributed by atoms with Crippen molar-refractivity contribution in [2.45, 2.75) is 13.2 Å². The largest absolute Gasteiger partial charge is 0.497 e. The quantitative estimate of drug-likeness (QED) is 0.869. The number of hydrogen-bond acceptors (Lipinski definition) is 3. The number of hydrogen-bond donors (Lipinski definition) is 1. The Balaban J connectivity index is 2.02. The molecule has 0 aromatic heterocycles. The molecule has 0 saturated heterocycles. The lowest BCUT2D eigenvalue weighted by atomic mass is 10.2. The highest BCUT2D eigenvalue weighted by molar-refractivity contribution is 5.47. The standard InChI is InChI=1S/C15H15F2NO2/c1-19-13-8-6-12(7-9-13)18-10-11-4-2-3-5-14(11)20-15(16)17/h2-9,15,18H,10H2,1H3. The maximum Gasteiger partial charge on any atom is 0.387 e. The van der Waals surface area contributed by atoms with Crippen LogP contribution in [0.1, 0.15) is 5.56 Å². The highest BCUT2D eigenvalue weighted by atomic mass is 19.3. The Morgan fingerprint density at radius 1 is 1.05 bits per heavy atom. The first kappa shape index (κ1) is 14.1.